The lowest BCUT2D eigenvalue weighted by Crippen LogP contribution is -2.20. The lowest BCUT2D eigenvalue weighted by Gasteiger charge is -2.13. The van der Waals surface area contributed by atoms with Crippen molar-refractivity contribution in [3.8, 4) is 11.5 Å². The zero-order valence-corrected chi connectivity index (χ0v) is 22.0. The third-order valence-electron chi connectivity index (χ3n) is 4.41. The second kappa shape index (κ2) is 12.7. The number of rotatable bonds is 11. The Labute approximate surface area is 223 Å². The maximum Gasteiger partial charge on any atom is 0.416 e. The van der Waals surface area contributed by atoms with Crippen LogP contribution < -0.4 is 20.2 Å². The molecule has 0 atom stereocenters. The van der Waals surface area contributed by atoms with Crippen LogP contribution in [0.2, 0.25) is 0 Å². The molecule has 12 heteroatoms. The lowest BCUT2D eigenvalue weighted by atomic mass is 10.2. The quantitative estimate of drug-likeness (QED) is 0.115. The summed E-state index contributed by atoms with van der Waals surface area (Å²) in [5, 5.41) is 8.85. The van der Waals surface area contributed by atoms with Gasteiger partial charge in [0, 0.05) is 11.1 Å². The molecule has 1 amide bonds. The molecule has 0 unspecified atom stereocenters. The van der Waals surface area contributed by atoms with E-state index in [2.05, 4.69) is 50.0 Å². The van der Waals surface area contributed by atoms with Crippen LogP contribution in [0.5, 0.6) is 11.5 Å². The average molecular weight is 630 g/mol. The van der Waals surface area contributed by atoms with Crippen LogP contribution in [0.1, 0.15) is 23.7 Å². The number of halogens is 4. The highest BCUT2D eigenvalue weighted by molar-refractivity contribution is 14.1. The molecule has 190 valence electrons. The van der Waals surface area contributed by atoms with Crippen molar-refractivity contribution in [1.82, 2.24) is 10.4 Å². The monoisotopic (exact) mass is 630 g/mol. The zero-order chi connectivity index (χ0) is 26.1. The first-order chi connectivity index (χ1) is 17.2. The van der Waals surface area contributed by atoms with Crippen molar-refractivity contribution in [2.75, 3.05) is 18.5 Å². The minimum absolute atomic E-state index is 0.0474. The van der Waals surface area contributed by atoms with Crippen LogP contribution in [0, 0.1) is 3.57 Å². The molecular weight excluding hydrogens is 608 g/mol. The van der Waals surface area contributed by atoms with Crippen molar-refractivity contribution in [1.29, 1.82) is 0 Å². The summed E-state index contributed by atoms with van der Waals surface area (Å²) >= 11 is 3.31. The van der Waals surface area contributed by atoms with Gasteiger partial charge in [-0.1, -0.05) is 18.7 Å². The van der Waals surface area contributed by atoms with Gasteiger partial charge in [0.2, 0.25) is 5.91 Å². The van der Waals surface area contributed by atoms with Crippen LogP contribution in [-0.2, 0) is 17.4 Å². The average Bonchev–Trinajstić information content (AvgIpc) is 3.25. The number of ether oxygens (including phenoxy) is 2. The Morgan fingerprint density at radius 2 is 2.08 bits per heavy atom. The largest absolute Gasteiger partial charge is 0.490 e. The van der Waals surface area contributed by atoms with E-state index in [1.807, 2.05) is 13.0 Å². The smallest absolute Gasteiger partial charge is 0.416 e. The van der Waals surface area contributed by atoms with E-state index in [1.54, 1.807) is 17.5 Å². The summed E-state index contributed by atoms with van der Waals surface area (Å²) in [6, 6.07) is 8.40. The van der Waals surface area contributed by atoms with E-state index in [1.165, 1.54) is 29.7 Å². The summed E-state index contributed by atoms with van der Waals surface area (Å²) in [5.74, 6) is 0.770. The molecule has 0 radical (unpaired) electrons. The molecule has 3 aromatic rings. The number of alkyl halides is 3. The topological polar surface area (TPSA) is 84.8 Å². The minimum Gasteiger partial charge on any atom is -0.490 e. The summed E-state index contributed by atoms with van der Waals surface area (Å²) in [4.78, 5) is 16.5. The third-order valence-corrected chi connectivity index (χ3v) is 6.02. The van der Waals surface area contributed by atoms with Crippen molar-refractivity contribution in [3.05, 3.63) is 74.8 Å². The van der Waals surface area contributed by atoms with E-state index in [0.29, 0.717) is 41.1 Å². The van der Waals surface area contributed by atoms with Crippen LogP contribution in [0.15, 0.2) is 59.5 Å². The van der Waals surface area contributed by atoms with Gasteiger partial charge in [0.15, 0.2) is 16.6 Å². The van der Waals surface area contributed by atoms with Gasteiger partial charge in [-0.3, -0.25) is 4.79 Å². The molecule has 36 heavy (non-hydrogen) atoms. The second-order valence-electron chi connectivity index (χ2n) is 7.18. The Morgan fingerprint density at radius 3 is 2.81 bits per heavy atom. The number of hydrogen-bond acceptors (Lipinski definition) is 7. The molecule has 0 spiro atoms. The van der Waals surface area contributed by atoms with Gasteiger partial charge in [-0.15, -0.1) is 11.3 Å². The summed E-state index contributed by atoms with van der Waals surface area (Å²) in [5.41, 5.74) is 3.10. The first-order valence-corrected chi connectivity index (χ1v) is 12.6. The highest BCUT2D eigenvalue weighted by Gasteiger charge is 2.30. The van der Waals surface area contributed by atoms with Crippen molar-refractivity contribution >= 4 is 56.9 Å². The van der Waals surface area contributed by atoms with Gasteiger partial charge in [-0.25, -0.2) is 10.4 Å². The number of carbonyl (C=O) groups excluding carboxylic acids is 1. The van der Waals surface area contributed by atoms with Crippen LogP contribution in [-0.4, -0.2) is 30.3 Å². The Balaban J connectivity index is 1.58. The first kappa shape index (κ1) is 27.5. The van der Waals surface area contributed by atoms with E-state index < -0.39 is 17.6 Å². The van der Waals surface area contributed by atoms with E-state index in [9.17, 15) is 18.0 Å². The normalized spacial score (nSPS) is 11.4. The van der Waals surface area contributed by atoms with Crippen molar-refractivity contribution in [2.45, 2.75) is 19.5 Å². The van der Waals surface area contributed by atoms with E-state index >= 15 is 0 Å². The molecule has 3 rings (SSSR count). The molecule has 1 heterocycles. The highest BCUT2D eigenvalue weighted by Crippen LogP contribution is 2.34. The van der Waals surface area contributed by atoms with E-state index in [4.69, 9.17) is 9.47 Å². The number of benzene rings is 2. The summed E-state index contributed by atoms with van der Waals surface area (Å²) in [6.45, 7) is 6.30. The van der Waals surface area contributed by atoms with Gasteiger partial charge in [0.25, 0.3) is 0 Å². The van der Waals surface area contributed by atoms with Gasteiger partial charge in [0.1, 0.15) is 6.61 Å². The molecule has 2 aromatic carbocycles. The Bertz CT molecular complexity index is 1250. The molecule has 0 fully saturated rings. The number of anilines is 2. The van der Waals surface area contributed by atoms with Gasteiger partial charge < -0.3 is 14.8 Å². The fraction of sp³-hybridized carbons (Fsp3) is 0.208. The fourth-order valence-electron chi connectivity index (χ4n) is 2.93. The molecule has 2 N–H and O–H groups in total. The number of hydrazone groups is 1. The van der Waals surface area contributed by atoms with Gasteiger partial charge in [0.05, 0.1) is 34.1 Å². The van der Waals surface area contributed by atoms with Crippen LogP contribution in [0.4, 0.5) is 24.0 Å². The summed E-state index contributed by atoms with van der Waals surface area (Å²) < 4.78 is 50.8. The van der Waals surface area contributed by atoms with Gasteiger partial charge in [-0.2, -0.15) is 18.3 Å². The number of aromatic nitrogens is 1. The molecule has 1 aromatic heterocycles. The van der Waals surface area contributed by atoms with Crippen LogP contribution in [0.25, 0.3) is 0 Å². The number of carbonyl (C=O) groups is 1. The summed E-state index contributed by atoms with van der Waals surface area (Å²) in [6.07, 6.45) is -1.35. The molecule has 0 aliphatic carbocycles. The Morgan fingerprint density at radius 1 is 1.28 bits per heavy atom. The van der Waals surface area contributed by atoms with Crippen molar-refractivity contribution in [3.63, 3.8) is 0 Å². The highest BCUT2D eigenvalue weighted by atomic mass is 127. The molecule has 0 aliphatic heterocycles. The molecule has 0 saturated carbocycles. The Hall–Kier alpha value is -3.13. The summed E-state index contributed by atoms with van der Waals surface area (Å²) in [7, 11) is 0. The first-order valence-electron chi connectivity index (χ1n) is 10.6. The molecular formula is C24H22F3IN4O3S. The lowest BCUT2D eigenvalue weighted by molar-refractivity contribution is -0.137. The van der Waals surface area contributed by atoms with E-state index in [-0.39, 0.29) is 12.1 Å². The Kier molecular flexibility index (Phi) is 9.70. The maximum absolute atomic E-state index is 12.9. The van der Waals surface area contributed by atoms with Crippen LogP contribution >= 0.6 is 33.9 Å². The van der Waals surface area contributed by atoms with Crippen molar-refractivity contribution in [2.24, 2.45) is 5.10 Å². The predicted molar refractivity (Wildman–Crippen MR) is 142 cm³/mol. The zero-order valence-electron chi connectivity index (χ0n) is 19.1. The second-order valence-corrected chi connectivity index (χ2v) is 9.20. The third kappa shape index (κ3) is 7.95. The van der Waals surface area contributed by atoms with Crippen molar-refractivity contribution < 1.29 is 27.4 Å². The SMILES string of the molecule is C=CCOc1c(I)cc(/C=N\NC(=O)Cc2csc(Nc3cccc(C(F)(F)F)c3)n2)cc1OCC. The number of amides is 1. The number of nitrogens with one attached hydrogen (secondary N) is 2. The molecule has 0 aliphatic rings. The molecule has 0 bridgehead atoms. The van der Waals surface area contributed by atoms with Gasteiger partial charge >= 0.3 is 6.18 Å². The van der Waals surface area contributed by atoms with E-state index in [0.717, 1.165) is 15.7 Å². The molecule has 0 saturated heterocycles. The maximum atomic E-state index is 12.9. The fourth-order valence-corrected chi connectivity index (χ4v) is 4.44. The van der Waals surface area contributed by atoms with Gasteiger partial charge in [-0.05, 0) is 65.4 Å². The van der Waals surface area contributed by atoms with Crippen LogP contribution in [0.3, 0.4) is 0 Å². The predicted octanol–water partition coefficient (Wildman–Crippen LogP) is 6.17. The standard InChI is InChI=1S/C24H22F3IN4O3S/c1-3-8-35-22-19(28)9-15(10-20(22)34-4-2)13-29-32-21(33)12-18-14-36-23(31-18)30-17-7-5-6-16(11-17)24(25,26)27/h3,5-7,9-11,13-14H,1,4,8,12H2,2H3,(H,30,31)(H,32,33)/b29-13-. The number of hydrogen-bond donors (Lipinski definition) is 2. The molecule has 7 nitrogen and oxygen atoms in total. The number of thiazole rings is 1. The number of nitrogens with zero attached hydrogens (tertiary/aromatic N) is 2. The minimum atomic E-state index is -4.44.